The number of alkyl halides is 1. The Hall–Kier alpha value is -1.03. The first-order valence-electron chi connectivity index (χ1n) is 4.70. The van der Waals surface area contributed by atoms with Crippen LogP contribution < -0.4 is 0 Å². The normalized spacial score (nSPS) is 18.5. The summed E-state index contributed by atoms with van der Waals surface area (Å²) in [6.45, 7) is 1.48. The first-order valence-corrected chi connectivity index (χ1v) is 5.14. The van der Waals surface area contributed by atoms with Crippen LogP contribution in [-0.4, -0.2) is 39.5 Å². The Morgan fingerprint density at radius 3 is 2.86 bits per heavy atom. The third-order valence-electron chi connectivity index (χ3n) is 2.44. The van der Waals surface area contributed by atoms with E-state index < -0.39 is 0 Å². The zero-order valence-corrected chi connectivity index (χ0v) is 8.50. The Labute approximate surface area is 87.2 Å². The largest absolute Gasteiger partial charge is 0.337 e. The molecule has 0 aliphatic carbocycles. The monoisotopic (exact) mass is 213 g/mol. The minimum atomic E-state index is 0.0195. The van der Waals surface area contributed by atoms with Crippen LogP contribution in [0.25, 0.3) is 0 Å². The molecule has 5 heteroatoms. The summed E-state index contributed by atoms with van der Waals surface area (Å²) in [5, 5.41) is 6.65. The fraction of sp³-hybridized carbons (Fsp3) is 0.556. The van der Waals surface area contributed by atoms with Gasteiger partial charge in [0.05, 0.1) is 0 Å². The number of aromatic nitrogens is 2. The van der Waals surface area contributed by atoms with E-state index in [0.29, 0.717) is 5.69 Å². The van der Waals surface area contributed by atoms with E-state index in [2.05, 4.69) is 10.2 Å². The number of amides is 1. The van der Waals surface area contributed by atoms with Crippen LogP contribution in [0.4, 0.5) is 0 Å². The van der Waals surface area contributed by atoms with Crippen molar-refractivity contribution in [1.29, 1.82) is 0 Å². The van der Waals surface area contributed by atoms with Gasteiger partial charge in [-0.2, -0.15) is 5.10 Å². The summed E-state index contributed by atoms with van der Waals surface area (Å²) in [7, 11) is 0. The maximum atomic E-state index is 11.8. The topological polar surface area (TPSA) is 49.0 Å². The Bertz CT molecular complexity index is 304. The zero-order valence-electron chi connectivity index (χ0n) is 7.74. The number of hydrogen-bond acceptors (Lipinski definition) is 2. The van der Waals surface area contributed by atoms with Crippen LogP contribution in [0.3, 0.4) is 0 Å². The van der Waals surface area contributed by atoms with Crippen molar-refractivity contribution in [2.45, 2.75) is 18.2 Å². The number of rotatable bonds is 1. The van der Waals surface area contributed by atoms with E-state index in [-0.39, 0.29) is 11.3 Å². The molecule has 2 heterocycles. The fourth-order valence-corrected chi connectivity index (χ4v) is 1.79. The molecule has 1 N–H and O–H groups in total. The quantitative estimate of drug-likeness (QED) is 0.714. The Balaban J connectivity index is 1.99. The summed E-state index contributed by atoms with van der Waals surface area (Å²) < 4.78 is 0. The second kappa shape index (κ2) is 4.00. The molecule has 76 valence electrons. The number of aromatic amines is 1. The first-order chi connectivity index (χ1) is 6.77. The van der Waals surface area contributed by atoms with Crippen molar-refractivity contribution in [1.82, 2.24) is 15.1 Å². The average Bonchev–Trinajstić information content (AvgIpc) is 2.71. The van der Waals surface area contributed by atoms with Crippen LogP contribution in [0, 0.1) is 0 Å². The van der Waals surface area contributed by atoms with Crippen LogP contribution >= 0.6 is 11.6 Å². The molecule has 1 amide bonds. The number of nitrogens with zero attached hydrogens (tertiary/aromatic N) is 2. The van der Waals surface area contributed by atoms with Crippen molar-refractivity contribution < 1.29 is 4.79 Å². The second-order valence-electron chi connectivity index (χ2n) is 3.44. The van der Waals surface area contributed by atoms with Gasteiger partial charge in [-0.1, -0.05) is 0 Å². The number of hydrogen-bond donors (Lipinski definition) is 1. The van der Waals surface area contributed by atoms with Crippen LogP contribution in [-0.2, 0) is 0 Å². The lowest BCUT2D eigenvalue weighted by atomic mass is 10.1. The third kappa shape index (κ3) is 1.90. The highest BCUT2D eigenvalue weighted by atomic mass is 35.5. The van der Waals surface area contributed by atoms with Crippen molar-refractivity contribution in [2.24, 2.45) is 0 Å². The zero-order chi connectivity index (χ0) is 9.97. The number of piperidine rings is 1. The number of carbonyl (C=O) groups is 1. The van der Waals surface area contributed by atoms with E-state index in [4.69, 9.17) is 11.6 Å². The summed E-state index contributed by atoms with van der Waals surface area (Å²) >= 11 is 5.95. The smallest absolute Gasteiger partial charge is 0.271 e. The fourth-order valence-electron chi connectivity index (χ4n) is 1.60. The summed E-state index contributed by atoms with van der Waals surface area (Å²) in [5.74, 6) is 0.0195. The second-order valence-corrected chi connectivity index (χ2v) is 4.05. The summed E-state index contributed by atoms with van der Waals surface area (Å²) in [6, 6.07) is 1.69. The molecular formula is C9H12ClN3O. The SMILES string of the molecule is O=C(c1ccn[nH]1)N1CCC(Cl)CC1. The first kappa shape index (κ1) is 9.52. The summed E-state index contributed by atoms with van der Waals surface area (Å²) in [4.78, 5) is 13.6. The molecule has 0 saturated carbocycles. The Morgan fingerprint density at radius 1 is 1.57 bits per heavy atom. The maximum absolute atomic E-state index is 11.8. The van der Waals surface area contributed by atoms with Crippen LogP contribution in [0.5, 0.6) is 0 Å². The number of halogens is 1. The molecule has 4 nitrogen and oxygen atoms in total. The molecule has 14 heavy (non-hydrogen) atoms. The van der Waals surface area contributed by atoms with Crippen LogP contribution in [0.1, 0.15) is 23.3 Å². The van der Waals surface area contributed by atoms with Gasteiger partial charge >= 0.3 is 0 Å². The van der Waals surface area contributed by atoms with E-state index in [1.807, 2.05) is 4.90 Å². The van der Waals surface area contributed by atoms with E-state index in [9.17, 15) is 4.79 Å². The molecule has 1 aromatic heterocycles. The van der Waals surface area contributed by atoms with Gasteiger partial charge in [-0.25, -0.2) is 0 Å². The third-order valence-corrected chi connectivity index (χ3v) is 2.88. The summed E-state index contributed by atoms with van der Waals surface area (Å²) in [5.41, 5.74) is 0.554. The highest BCUT2D eigenvalue weighted by Crippen LogP contribution is 2.16. The molecule has 0 unspecified atom stereocenters. The number of likely N-dealkylation sites (tertiary alicyclic amines) is 1. The lowest BCUT2D eigenvalue weighted by molar-refractivity contribution is 0.0720. The van der Waals surface area contributed by atoms with Gasteiger partial charge in [0, 0.05) is 24.7 Å². The molecule has 0 atom stereocenters. The predicted molar refractivity (Wildman–Crippen MR) is 53.4 cm³/mol. The van der Waals surface area contributed by atoms with Crippen LogP contribution in [0.2, 0.25) is 0 Å². The molecule has 0 bridgehead atoms. The standard InChI is InChI=1S/C9H12ClN3O/c10-7-2-5-13(6-3-7)9(14)8-1-4-11-12-8/h1,4,7H,2-3,5-6H2,(H,11,12). The minimum absolute atomic E-state index is 0.0195. The van der Waals surface area contributed by atoms with Gasteiger partial charge in [0.1, 0.15) is 5.69 Å². The van der Waals surface area contributed by atoms with E-state index in [1.165, 1.54) is 0 Å². The lowest BCUT2D eigenvalue weighted by Crippen LogP contribution is -2.38. The van der Waals surface area contributed by atoms with Gasteiger partial charge < -0.3 is 4.90 Å². The van der Waals surface area contributed by atoms with Crippen molar-refractivity contribution in [3.8, 4) is 0 Å². The van der Waals surface area contributed by atoms with E-state index in [1.54, 1.807) is 12.3 Å². The van der Waals surface area contributed by atoms with Crippen molar-refractivity contribution in [3.05, 3.63) is 18.0 Å². The van der Waals surface area contributed by atoms with Gasteiger partial charge in [0.25, 0.3) is 5.91 Å². The molecule has 1 aromatic rings. The average molecular weight is 214 g/mol. The number of carbonyl (C=O) groups excluding carboxylic acids is 1. The maximum Gasteiger partial charge on any atom is 0.271 e. The minimum Gasteiger partial charge on any atom is -0.337 e. The van der Waals surface area contributed by atoms with E-state index >= 15 is 0 Å². The predicted octanol–water partition coefficient (Wildman–Crippen LogP) is 1.25. The molecule has 0 aromatic carbocycles. The van der Waals surface area contributed by atoms with Gasteiger partial charge in [-0.3, -0.25) is 9.89 Å². The molecule has 1 aliphatic rings. The van der Waals surface area contributed by atoms with Gasteiger partial charge in [0.2, 0.25) is 0 Å². The Morgan fingerprint density at radius 2 is 2.29 bits per heavy atom. The number of nitrogens with one attached hydrogen (secondary N) is 1. The highest BCUT2D eigenvalue weighted by Gasteiger charge is 2.22. The van der Waals surface area contributed by atoms with Crippen molar-refractivity contribution >= 4 is 17.5 Å². The molecule has 0 spiro atoms. The molecule has 1 fully saturated rings. The molecule has 0 radical (unpaired) electrons. The van der Waals surface area contributed by atoms with Gasteiger partial charge in [-0.05, 0) is 18.9 Å². The lowest BCUT2D eigenvalue weighted by Gasteiger charge is -2.28. The van der Waals surface area contributed by atoms with Gasteiger partial charge in [0.15, 0.2) is 0 Å². The van der Waals surface area contributed by atoms with Gasteiger partial charge in [-0.15, -0.1) is 11.6 Å². The molecular weight excluding hydrogens is 202 g/mol. The van der Waals surface area contributed by atoms with E-state index in [0.717, 1.165) is 25.9 Å². The van der Waals surface area contributed by atoms with Crippen LogP contribution in [0.15, 0.2) is 12.3 Å². The molecule has 2 rings (SSSR count). The Kier molecular flexibility index (Phi) is 2.72. The molecule has 1 saturated heterocycles. The summed E-state index contributed by atoms with van der Waals surface area (Å²) in [6.07, 6.45) is 3.34. The van der Waals surface area contributed by atoms with Crippen molar-refractivity contribution in [3.63, 3.8) is 0 Å². The van der Waals surface area contributed by atoms with Crippen molar-refractivity contribution in [2.75, 3.05) is 13.1 Å². The highest BCUT2D eigenvalue weighted by molar-refractivity contribution is 6.20. The number of H-pyrrole nitrogens is 1. The molecule has 1 aliphatic heterocycles.